The third-order valence-electron chi connectivity index (χ3n) is 3.40. The predicted octanol–water partition coefficient (Wildman–Crippen LogP) is 3.32. The van der Waals surface area contributed by atoms with Crippen molar-refractivity contribution >= 4 is 29.1 Å². The highest BCUT2D eigenvalue weighted by Gasteiger charge is 2.17. The van der Waals surface area contributed by atoms with E-state index >= 15 is 0 Å². The lowest BCUT2D eigenvalue weighted by molar-refractivity contribution is -0.123. The Kier molecular flexibility index (Phi) is 5.77. The molecule has 120 valence electrons. The van der Waals surface area contributed by atoms with Gasteiger partial charge in [0.05, 0.1) is 10.7 Å². The van der Waals surface area contributed by atoms with E-state index in [-0.39, 0.29) is 18.4 Å². The lowest BCUT2D eigenvalue weighted by Gasteiger charge is -2.21. The maximum Gasteiger partial charge on any atom is 0.240 e. The molecule has 1 N–H and O–H groups in total. The number of amides is 2. The molecular formula is C18H19ClN2O2. The largest absolute Gasteiger partial charge is 0.350 e. The molecule has 2 amide bonds. The van der Waals surface area contributed by atoms with E-state index in [0.29, 0.717) is 17.3 Å². The van der Waals surface area contributed by atoms with Gasteiger partial charge in [0.1, 0.15) is 6.54 Å². The molecule has 0 aliphatic carbocycles. The molecule has 23 heavy (non-hydrogen) atoms. The zero-order valence-corrected chi connectivity index (χ0v) is 13.9. The van der Waals surface area contributed by atoms with Crippen LogP contribution in [0.15, 0.2) is 48.5 Å². The lowest BCUT2D eigenvalue weighted by atomic mass is 10.1. The number of hydrogen-bond acceptors (Lipinski definition) is 2. The topological polar surface area (TPSA) is 49.4 Å². The van der Waals surface area contributed by atoms with Crippen LogP contribution in [0, 0.1) is 6.92 Å². The first-order valence-electron chi connectivity index (χ1n) is 7.32. The van der Waals surface area contributed by atoms with Gasteiger partial charge in [-0.25, -0.2) is 0 Å². The molecule has 0 aliphatic heterocycles. The third kappa shape index (κ3) is 4.83. The summed E-state index contributed by atoms with van der Waals surface area (Å²) in [6, 6.07) is 14.9. The number of para-hydroxylation sites is 1. The highest BCUT2D eigenvalue weighted by molar-refractivity contribution is 6.33. The summed E-state index contributed by atoms with van der Waals surface area (Å²) < 4.78 is 0. The normalized spacial score (nSPS) is 10.2. The molecule has 0 atom stereocenters. The predicted molar refractivity (Wildman–Crippen MR) is 92.5 cm³/mol. The van der Waals surface area contributed by atoms with Gasteiger partial charge in [-0.15, -0.1) is 0 Å². The van der Waals surface area contributed by atoms with Crippen LogP contribution in [-0.4, -0.2) is 18.4 Å². The van der Waals surface area contributed by atoms with Crippen molar-refractivity contribution in [2.45, 2.75) is 20.4 Å². The molecule has 5 heteroatoms. The quantitative estimate of drug-likeness (QED) is 0.914. The standard InChI is InChI=1S/C18H19ClN2O2/c1-13-6-5-7-15(10-13)11-20-18(23)12-21(14(2)22)17-9-4-3-8-16(17)19/h3-10H,11-12H2,1-2H3,(H,20,23). The minimum atomic E-state index is -0.235. The second kappa shape index (κ2) is 7.79. The highest BCUT2D eigenvalue weighted by atomic mass is 35.5. The van der Waals surface area contributed by atoms with E-state index in [1.54, 1.807) is 24.3 Å². The molecule has 0 unspecified atom stereocenters. The Morgan fingerprint density at radius 3 is 2.52 bits per heavy atom. The number of nitrogens with zero attached hydrogens (tertiary/aromatic N) is 1. The molecule has 0 aromatic heterocycles. The van der Waals surface area contributed by atoms with Gasteiger partial charge in [0.25, 0.3) is 0 Å². The number of nitrogens with one attached hydrogen (secondary N) is 1. The Bertz CT molecular complexity index is 716. The van der Waals surface area contributed by atoms with E-state index in [0.717, 1.165) is 11.1 Å². The molecule has 2 aromatic carbocycles. The van der Waals surface area contributed by atoms with E-state index < -0.39 is 0 Å². The first-order valence-corrected chi connectivity index (χ1v) is 7.70. The van der Waals surface area contributed by atoms with Crippen LogP contribution in [0.5, 0.6) is 0 Å². The number of hydrogen-bond donors (Lipinski definition) is 1. The van der Waals surface area contributed by atoms with Crippen molar-refractivity contribution < 1.29 is 9.59 Å². The van der Waals surface area contributed by atoms with Crippen molar-refractivity contribution in [2.75, 3.05) is 11.4 Å². The smallest absolute Gasteiger partial charge is 0.240 e. The van der Waals surface area contributed by atoms with Crippen molar-refractivity contribution in [3.8, 4) is 0 Å². The average molecular weight is 331 g/mol. The van der Waals surface area contributed by atoms with Crippen LogP contribution in [-0.2, 0) is 16.1 Å². The zero-order chi connectivity index (χ0) is 16.8. The van der Waals surface area contributed by atoms with E-state index in [1.165, 1.54) is 11.8 Å². The van der Waals surface area contributed by atoms with Gasteiger partial charge in [-0.3, -0.25) is 9.59 Å². The van der Waals surface area contributed by atoms with E-state index in [2.05, 4.69) is 5.32 Å². The second-order valence-electron chi connectivity index (χ2n) is 5.32. The van der Waals surface area contributed by atoms with Gasteiger partial charge < -0.3 is 10.2 Å². The summed E-state index contributed by atoms with van der Waals surface area (Å²) in [6.07, 6.45) is 0. The number of rotatable bonds is 5. The molecule has 0 spiro atoms. The van der Waals surface area contributed by atoms with Gasteiger partial charge in [0, 0.05) is 13.5 Å². The van der Waals surface area contributed by atoms with Crippen LogP contribution in [0.4, 0.5) is 5.69 Å². The zero-order valence-electron chi connectivity index (χ0n) is 13.2. The van der Waals surface area contributed by atoms with E-state index in [9.17, 15) is 9.59 Å². The van der Waals surface area contributed by atoms with Crippen LogP contribution in [0.3, 0.4) is 0 Å². The fourth-order valence-corrected chi connectivity index (χ4v) is 2.50. The molecule has 2 aromatic rings. The summed E-state index contributed by atoms with van der Waals surface area (Å²) in [5, 5.41) is 3.26. The van der Waals surface area contributed by atoms with Crippen LogP contribution >= 0.6 is 11.6 Å². The molecule has 2 rings (SSSR count). The second-order valence-corrected chi connectivity index (χ2v) is 5.73. The summed E-state index contributed by atoms with van der Waals surface area (Å²) in [7, 11) is 0. The Morgan fingerprint density at radius 2 is 1.87 bits per heavy atom. The molecule has 0 saturated heterocycles. The molecule has 0 heterocycles. The number of anilines is 1. The van der Waals surface area contributed by atoms with Crippen LogP contribution in [0.25, 0.3) is 0 Å². The third-order valence-corrected chi connectivity index (χ3v) is 3.72. The maximum absolute atomic E-state index is 12.2. The summed E-state index contributed by atoms with van der Waals surface area (Å²) in [6.45, 7) is 3.77. The van der Waals surface area contributed by atoms with Crippen molar-refractivity contribution in [1.82, 2.24) is 5.32 Å². The van der Waals surface area contributed by atoms with Gasteiger partial charge in [0.2, 0.25) is 11.8 Å². The number of aryl methyl sites for hydroxylation is 1. The van der Waals surface area contributed by atoms with Crippen LogP contribution in [0.2, 0.25) is 5.02 Å². The lowest BCUT2D eigenvalue weighted by Crippen LogP contribution is -2.39. The SMILES string of the molecule is CC(=O)N(CC(=O)NCc1cccc(C)c1)c1ccccc1Cl. The number of benzene rings is 2. The fraction of sp³-hybridized carbons (Fsp3) is 0.222. The van der Waals surface area contributed by atoms with Gasteiger partial charge in [-0.2, -0.15) is 0 Å². The monoisotopic (exact) mass is 330 g/mol. The summed E-state index contributed by atoms with van der Waals surface area (Å²) >= 11 is 6.11. The Labute approximate surface area is 141 Å². The van der Waals surface area contributed by atoms with Gasteiger partial charge in [-0.1, -0.05) is 53.6 Å². The Morgan fingerprint density at radius 1 is 1.13 bits per heavy atom. The van der Waals surface area contributed by atoms with Crippen molar-refractivity contribution in [1.29, 1.82) is 0 Å². The van der Waals surface area contributed by atoms with E-state index in [4.69, 9.17) is 11.6 Å². The van der Waals surface area contributed by atoms with Gasteiger partial charge >= 0.3 is 0 Å². The Hall–Kier alpha value is -2.33. The molecular weight excluding hydrogens is 312 g/mol. The molecule has 4 nitrogen and oxygen atoms in total. The maximum atomic E-state index is 12.2. The minimum absolute atomic E-state index is 0.0646. The Balaban J connectivity index is 2.02. The molecule has 0 saturated carbocycles. The molecule has 0 radical (unpaired) electrons. The minimum Gasteiger partial charge on any atom is -0.350 e. The van der Waals surface area contributed by atoms with Gasteiger partial charge in [0.15, 0.2) is 0 Å². The van der Waals surface area contributed by atoms with Crippen LogP contribution < -0.4 is 10.2 Å². The molecule has 0 bridgehead atoms. The summed E-state index contributed by atoms with van der Waals surface area (Å²) in [5.74, 6) is -0.467. The fourth-order valence-electron chi connectivity index (χ4n) is 2.26. The van der Waals surface area contributed by atoms with Crippen LogP contribution in [0.1, 0.15) is 18.1 Å². The van der Waals surface area contributed by atoms with E-state index in [1.807, 2.05) is 31.2 Å². The average Bonchev–Trinajstić information content (AvgIpc) is 2.51. The van der Waals surface area contributed by atoms with Crippen molar-refractivity contribution in [3.63, 3.8) is 0 Å². The first-order chi connectivity index (χ1) is 11.0. The number of carbonyl (C=O) groups is 2. The first kappa shape index (κ1) is 17.0. The number of carbonyl (C=O) groups excluding carboxylic acids is 2. The summed E-state index contributed by atoms with van der Waals surface area (Å²) in [5.41, 5.74) is 2.69. The van der Waals surface area contributed by atoms with Crippen molar-refractivity contribution in [2.24, 2.45) is 0 Å². The summed E-state index contributed by atoms with van der Waals surface area (Å²) in [4.78, 5) is 25.4. The number of halogens is 1. The highest BCUT2D eigenvalue weighted by Crippen LogP contribution is 2.25. The molecule has 0 fully saturated rings. The van der Waals surface area contributed by atoms with Crippen molar-refractivity contribution in [3.05, 3.63) is 64.7 Å². The van der Waals surface area contributed by atoms with Gasteiger partial charge in [-0.05, 0) is 24.6 Å². The molecule has 0 aliphatic rings.